The molecule has 8 heteroatoms. The van der Waals surface area contributed by atoms with Crippen molar-refractivity contribution in [2.45, 2.75) is 32.9 Å². The van der Waals surface area contributed by atoms with Crippen LogP contribution in [-0.4, -0.2) is 30.7 Å². The van der Waals surface area contributed by atoms with Gasteiger partial charge < -0.3 is 5.32 Å². The van der Waals surface area contributed by atoms with E-state index < -0.39 is 0 Å². The summed E-state index contributed by atoms with van der Waals surface area (Å²) >= 11 is 0. The zero-order chi connectivity index (χ0) is 18.0. The second kappa shape index (κ2) is 6.46. The number of amides is 1. The van der Waals surface area contributed by atoms with Crippen LogP contribution in [0.25, 0.3) is 5.69 Å². The molecule has 0 radical (unpaired) electrons. The van der Waals surface area contributed by atoms with Gasteiger partial charge in [0.15, 0.2) is 5.69 Å². The monoisotopic (exact) mass is 342 g/mol. The molecule has 130 valence electrons. The average molecular weight is 342 g/mol. The van der Waals surface area contributed by atoms with Crippen LogP contribution in [0.1, 0.15) is 37.0 Å². The molecular weight excluding hydrogens is 323 g/mol. The van der Waals surface area contributed by atoms with E-state index in [0.717, 1.165) is 5.69 Å². The van der Waals surface area contributed by atoms with Crippen LogP contribution >= 0.6 is 0 Å². The van der Waals surface area contributed by atoms with E-state index in [1.54, 1.807) is 40.0 Å². The molecule has 0 aliphatic rings. The van der Waals surface area contributed by atoms with Crippen molar-refractivity contribution in [1.82, 2.24) is 30.1 Å². The number of aromatic nitrogens is 5. The van der Waals surface area contributed by atoms with Crippen molar-refractivity contribution >= 4 is 5.91 Å². The van der Waals surface area contributed by atoms with Crippen LogP contribution in [-0.2, 0) is 12.1 Å². The third-order valence-electron chi connectivity index (χ3n) is 3.58. The lowest BCUT2D eigenvalue weighted by Crippen LogP contribution is -2.24. The molecule has 3 aromatic rings. The Morgan fingerprint density at radius 2 is 1.92 bits per heavy atom. The minimum absolute atomic E-state index is 0.237. The number of carbonyl (C=O) groups excluding carboxylic acids is 1. The number of hydrogen-bond donors (Lipinski definition) is 1. The van der Waals surface area contributed by atoms with E-state index in [0.29, 0.717) is 5.69 Å². The lowest BCUT2D eigenvalue weighted by molar-refractivity contribution is 0.0945. The highest BCUT2D eigenvalue weighted by Crippen LogP contribution is 2.12. The SMILES string of the molecule is CC(C)(C)n1cc(C(=O)NCc2ccn(-c3ccc(F)cc3)n2)nn1. The Hall–Kier alpha value is -3.03. The Morgan fingerprint density at radius 3 is 2.56 bits per heavy atom. The number of nitrogens with zero attached hydrogens (tertiary/aromatic N) is 5. The zero-order valence-corrected chi connectivity index (χ0v) is 14.3. The van der Waals surface area contributed by atoms with E-state index in [2.05, 4.69) is 20.7 Å². The fraction of sp³-hybridized carbons (Fsp3) is 0.294. The summed E-state index contributed by atoms with van der Waals surface area (Å²) in [7, 11) is 0. The van der Waals surface area contributed by atoms with Gasteiger partial charge in [-0.3, -0.25) is 4.79 Å². The van der Waals surface area contributed by atoms with Gasteiger partial charge in [0.1, 0.15) is 5.82 Å². The van der Waals surface area contributed by atoms with Crippen molar-refractivity contribution in [2.75, 3.05) is 0 Å². The topological polar surface area (TPSA) is 77.6 Å². The summed E-state index contributed by atoms with van der Waals surface area (Å²) in [6, 6.07) is 7.80. The molecule has 0 aliphatic carbocycles. The predicted molar refractivity (Wildman–Crippen MR) is 89.7 cm³/mol. The van der Waals surface area contributed by atoms with E-state index in [1.165, 1.54) is 12.1 Å². The van der Waals surface area contributed by atoms with Crippen molar-refractivity contribution in [2.24, 2.45) is 0 Å². The van der Waals surface area contributed by atoms with Gasteiger partial charge in [-0.1, -0.05) is 5.21 Å². The number of benzene rings is 1. The molecular formula is C17H19FN6O. The first-order chi connectivity index (χ1) is 11.8. The lowest BCUT2D eigenvalue weighted by atomic mass is 10.1. The maximum atomic E-state index is 13.0. The fourth-order valence-electron chi connectivity index (χ4n) is 2.15. The third-order valence-corrected chi connectivity index (χ3v) is 3.58. The molecule has 2 heterocycles. The van der Waals surface area contributed by atoms with Crippen molar-refractivity contribution in [3.63, 3.8) is 0 Å². The van der Waals surface area contributed by atoms with Crippen LogP contribution in [0.3, 0.4) is 0 Å². The normalized spacial score (nSPS) is 11.5. The number of hydrogen-bond acceptors (Lipinski definition) is 4. The molecule has 1 amide bonds. The third kappa shape index (κ3) is 3.90. The molecule has 0 aliphatic heterocycles. The van der Waals surface area contributed by atoms with Gasteiger partial charge in [0.05, 0.1) is 29.7 Å². The van der Waals surface area contributed by atoms with Gasteiger partial charge in [0.25, 0.3) is 5.91 Å². The first-order valence-corrected chi connectivity index (χ1v) is 7.84. The summed E-state index contributed by atoms with van der Waals surface area (Å²) in [6.07, 6.45) is 3.37. The molecule has 1 N–H and O–H groups in total. The molecule has 0 bridgehead atoms. The minimum atomic E-state index is -0.313. The van der Waals surface area contributed by atoms with Crippen molar-refractivity contribution in [3.05, 3.63) is 59.9 Å². The molecule has 0 fully saturated rings. The molecule has 7 nitrogen and oxygen atoms in total. The van der Waals surface area contributed by atoms with Crippen LogP contribution in [0.15, 0.2) is 42.7 Å². The quantitative estimate of drug-likeness (QED) is 0.789. The Morgan fingerprint density at radius 1 is 1.20 bits per heavy atom. The van der Waals surface area contributed by atoms with E-state index in [-0.39, 0.29) is 29.5 Å². The second-order valence-electron chi connectivity index (χ2n) is 6.63. The van der Waals surface area contributed by atoms with Crippen LogP contribution < -0.4 is 5.32 Å². The molecule has 0 unspecified atom stereocenters. The highest BCUT2D eigenvalue weighted by atomic mass is 19.1. The Labute approximate surface area is 144 Å². The summed E-state index contributed by atoms with van der Waals surface area (Å²) in [5.74, 6) is -0.612. The number of carbonyl (C=O) groups is 1. The standard InChI is InChI=1S/C17H19FN6O/c1-17(2,3)24-11-15(20-22-24)16(25)19-10-13-8-9-23(21-13)14-6-4-12(18)5-7-14/h4-9,11H,10H2,1-3H3,(H,19,25). The average Bonchev–Trinajstić information content (AvgIpc) is 3.22. The maximum Gasteiger partial charge on any atom is 0.273 e. The van der Waals surface area contributed by atoms with Crippen LogP contribution in [0.4, 0.5) is 4.39 Å². The molecule has 25 heavy (non-hydrogen) atoms. The first-order valence-electron chi connectivity index (χ1n) is 7.84. The molecule has 3 rings (SSSR count). The van der Waals surface area contributed by atoms with Gasteiger partial charge in [0, 0.05) is 6.20 Å². The highest BCUT2D eigenvalue weighted by molar-refractivity contribution is 5.91. The summed E-state index contributed by atoms with van der Waals surface area (Å²) in [4.78, 5) is 12.2. The van der Waals surface area contributed by atoms with Gasteiger partial charge in [-0.15, -0.1) is 5.10 Å². The van der Waals surface area contributed by atoms with Crippen molar-refractivity contribution < 1.29 is 9.18 Å². The Bertz CT molecular complexity index is 875. The Kier molecular flexibility index (Phi) is 4.35. The molecule has 0 saturated carbocycles. The number of rotatable bonds is 4. The van der Waals surface area contributed by atoms with Gasteiger partial charge in [-0.05, 0) is 51.1 Å². The van der Waals surface area contributed by atoms with Crippen molar-refractivity contribution in [1.29, 1.82) is 0 Å². The van der Waals surface area contributed by atoms with Gasteiger partial charge >= 0.3 is 0 Å². The summed E-state index contributed by atoms with van der Waals surface area (Å²) in [6.45, 7) is 6.19. The first kappa shape index (κ1) is 16.8. The van der Waals surface area contributed by atoms with Gasteiger partial charge in [-0.25, -0.2) is 13.8 Å². The highest BCUT2D eigenvalue weighted by Gasteiger charge is 2.18. The van der Waals surface area contributed by atoms with Crippen LogP contribution in [0.5, 0.6) is 0 Å². The number of nitrogens with one attached hydrogen (secondary N) is 1. The minimum Gasteiger partial charge on any atom is -0.345 e. The summed E-state index contributed by atoms with van der Waals surface area (Å²) < 4.78 is 16.2. The largest absolute Gasteiger partial charge is 0.345 e. The van der Waals surface area contributed by atoms with Crippen LogP contribution in [0.2, 0.25) is 0 Å². The smallest absolute Gasteiger partial charge is 0.273 e. The van der Waals surface area contributed by atoms with E-state index in [4.69, 9.17) is 0 Å². The van der Waals surface area contributed by atoms with Gasteiger partial charge in [0.2, 0.25) is 0 Å². The second-order valence-corrected chi connectivity index (χ2v) is 6.63. The predicted octanol–water partition coefficient (Wildman–Crippen LogP) is 2.29. The van der Waals surface area contributed by atoms with Crippen LogP contribution in [0, 0.1) is 5.82 Å². The molecule has 1 aromatic carbocycles. The van der Waals surface area contributed by atoms with E-state index in [9.17, 15) is 9.18 Å². The lowest BCUT2D eigenvalue weighted by Gasteiger charge is -2.17. The molecule has 0 saturated heterocycles. The summed E-state index contributed by atoms with van der Waals surface area (Å²) in [5.41, 5.74) is 1.44. The van der Waals surface area contributed by atoms with E-state index in [1.807, 2.05) is 20.8 Å². The van der Waals surface area contributed by atoms with E-state index >= 15 is 0 Å². The zero-order valence-electron chi connectivity index (χ0n) is 14.3. The summed E-state index contributed by atoms with van der Waals surface area (Å²) in [5, 5.41) is 15.0. The fourth-order valence-corrected chi connectivity index (χ4v) is 2.15. The molecule has 2 aromatic heterocycles. The number of halogens is 1. The van der Waals surface area contributed by atoms with Gasteiger partial charge in [-0.2, -0.15) is 5.10 Å². The van der Waals surface area contributed by atoms with Crippen molar-refractivity contribution in [3.8, 4) is 5.69 Å². The molecule has 0 spiro atoms. The maximum absolute atomic E-state index is 13.0. The molecule has 0 atom stereocenters. The Balaban J connectivity index is 1.63.